The highest BCUT2D eigenvalue weighted by molar-refractivity contribution is 6.18. The van der Waals surface area contributed by atoms with Crippen molar-refractivity contribution in [2.75, 3.05) is 19.0 Å². The molecule has 0 N–H and O–H groups in total. The molecule has 20 heavy (non-hydrogen) atoms. The quantitative estimate of drug-likeness (QED) is 0.440. The molecule has 0 heterocycles. The molecule has 5 nitrogen and oxygen atoms in total. The second-order valence-corrected chi connectivity index (χ2v) is 4.97. The number of nitrogens with zero attached hydrogens (tertiary/aromatic N) is 2. The van der Waals surface area contributed by atoms with Crippen LogP contribution in [-0.4, -0.2) is 34.7 Å². The highest BCUT2D eigenvalue weighted by atomic mass is 35.5. The monoisotopic (exact) mass is 298 g/mol. The van der Waals surface area contributed by atoms with Crippen LogP contribution in [0.2, 0.25) is 0 Å². The molecule has 0 aliphatic heterocycles. The van der Waals surface area contributed by atoms with E-state index in [1.54, 1.807) is 17.9 Å². The van der Waals surface area contributed by atoms with Gasteiger partial charge in [-0.05, 0) is 25.5 Å². The number of amides is 1. The van der Waals surface area contributed by atoms with Crippen molar-refractivity contribution in [3.05, 3.63) is 39.4 Å². The molecule has 0 radical (unpaired) electrons. The zero-order chi connectivity index (χ0) is 15.1. The number of benzene rings is 1. The van der Waals surface area contributed by atoms with Gasteiger partial charge in [0.15, 0.2) is 0 Å². The number of carbonyl (C=O) groups excluding carboxylic acids is 1. The van der Waals surface area contributed by atoms with E-state index in [1.807, 2.05) is 0 Å². The summed E-state index contributed by atoms with van der Waals surface area (Å²) < 4.78 is 0. The fourth-order valence-electron chi connectivity index (χ4n) is 1.94. The lowest BCUT2D eigenvalue weighted by Gasteiger charge is -2.21. The molecule has 0 saturated heterocycles. The molecular formula is C14H19ClN2O3. The molecule has 0 saturated carbocycles. The minimum Gasteiger partial charge on any atom is -0.337 e. The zero-order valence-corrected chi connectivity index (χ0v) is 12.5. The maximum absolute atomic E-state index is 12.4. The number of alkyl halides is 1. The Morgan fingerprint density at radius 2 is 2.10 bits per heavy atom. The van der Waals surface area contributed by atoms with Crippen molar-refractivity contribution in [3.8, 4) is 0 Å². The van der Waals surface area contributed by atoms with E-state index in [4.69, 9.17) is 11.6 Å². The van der Waals surface area contributed by atoms with Crippen molar-refractivity contribution in [1.82, 2.24) is 4.90 Å². The summed E-state index contributed by atoms with van der Waals surface area (Å²) in [6, 6.07) is 4.44. The largest absolute Gasteiger partial charge is 0.337 e. The lowest BCUT2D eigenvalue weighted by atomic mass is 10.1. The Bertz CT molecular complexity index is 491. The molecule has 1 amide bonds. The number of rotatable bonds is 7. The van der Waals surface area contributed by atoms with Crippen LogP contribution in [0.25, 0.3) is 0 Å². The first kappa shape index (κ1) is 16.4. The summed E-state index contributed by atoms with van der Waals surface area (Å²) in [6.07, 6.45) is 1.90. The first-order valence-electron chi connectivity index (χ1n) is 6.61. The normalized spacial score (nSPS) is 10.3. The van der Waals surface area contributed by atoms with Crippen molar-refractivity contribution in [1.29, 1.82) is 0 Å². The molecule has 1 rings (SSSR count). The van der Waals surface area contributed by atoms with E-state index in [-0.39, 0.29) is 11.6 Å². The molecule has 0 aliphatic rings. The van der Waals surface area contributed by atoms with E-state index < -0.39 is 4.92 Å². The van der Waals surface area contributed by atoms with Crippen LogP contribution in [0.5, 0.6) is 0 Å². The van der Waals surface area contributed by atoms with Crippen LogP contribution in [0.4, 0.5) is 5.69 Å². The minimum absolute atomic E-state index is 0.0269. The van der Waals surface area contributed by atoms with Gasteiger partial charge in [0.05, 0.1) is 4.92 Å². The van der Waals surface area contributed by atoms with Crippen LogP contribution < -0.4 is 0 Å². The first-order chi connectivity index (χ1) is 9.51. The summed E-state index contributed by atoms with van der Waals surface area (Å²) in [6.45, 7) is 4.82. The van der Waals surface area contributed by atoms with Crippen molar-refractivity contribution in [3.63, 3.8) is 0 Å². The molecule has 1 aromatic carbocycles. The first-order valence-corrected chi connectivity index (χ1v) is 7.15. The van der Waals surface area contributed by atoms with E-state index in [0.717, 1.165) is 12.8 Å². The fourth-order valence-corrected chi connectivity index (χ4v) is 2.15. The summed E-state index contributed by atoms with van der Waals surface area (Å²) in [5.41, 5.74) is 0.982. The highest BCUT2D eigenvalue weighted by Gasteiger charge is 2.18. The van der Waals surface area contributed by atoms with Gasteiger partial charge in [0, 0.05) is 36.2 Å². The Labute approximate surface area is 123 Å². The van der Waals surface area contributed by atoms with Gasteiger partial charge < -0.3 is 4.90 Å². The summed E-state index contributed by atoms with van der Waals surface area (Å²) in [5, 5.41) is 10.8. The van der Waals surface area contributed by atoms with Gasteiger partial charge in [-0.25, -0.2) is 0 Å². The van der Waals surface area contributed by atoms with Gasteiger partial charge in [0.2, 0.25) is 0 Å². The standard InChI is InChI=1S/C14H19ClN2O3/c1-3-4-8-16(9-7-15)14(18)12-5-6-13(17(19)20)11(2)10-12/h5-6,10H,3-4,7-9H2,1-2H3. The van der Waals surface area contributed by atoms with Gasteiger partial charge in [-0.2, -0.15) is 0 Å². The molecule has 0 unspecified atom stereocenters. The van der Waals surface area contributed by atoms with Gasteiger partial charge in [-0.3, -0.25) is 14.9 Å². The Morgan fingerprint density at radius 3 is 2.60 bits per heavy atom. The average Bonchev–Trinajstić information content (AvgIpc) is 2.42. The molecule has 110 valence electrons. The fraction of sp³-hybridized carbons (Fsp3) is 0.500. The van der Waals surface area contributed by atoms with Crippen LogP contribution in [-0.2, 0) is 0 Å². The third-order valence-corrected chi connectivity index (χ3v) is 3.23. The molecule has 0 aromatic heterocycles. The number of hydrogen-bond acceptors (Lipinski definition) is 3. The molecule has 0 atom stereocenters. The van der Waals surface area contributed by atoms with Crippen LogP contribution in [0, 0.1) is 17.0 Å². The van der Waals surface area contributed by atoms with Gasteiger partial charge >= 0.3 is 0 Å². The van der Waals surface area contributed by atoms with E-state index in [0.29, 0.717) is 30.1 Å². The van der Waals surface area contributed by atoms with E-state index in [2.05, 4.69) is 6.92 Å². The molecule has 1 aromatic rings. The topological polar surface area (TPSA) is 63.5 Å². The van der Waals surface area contributed by atoms with Gasteiger partial charge in [-0.15, -0.1) is 11.6 Å². The summed E-state index contributed by atoms with van der Waals surface area (Å²) >= 11 is 5.72. The number of nitro groups is 1. The van der Waals surface area contributed by atoms with Gasteiger partial charge in [-0.1, -0.05) is 13.3 Å². The summed E-state index contributed by atoms with van der Waals surface area (Å²) in [5.74, 6) is 0.249. The second-order valence-electron chi connectivity index (χ2n) is 4.59. The van der Waals surface area contributed by atoms with Crippen molar-refractivity contribution < 1.29 is 9.72 Å². The van der Waals surface area contributed by atoms with Gasteiger partial charge in [0.25, 0.3) is 11.6 Å². The van der Waals surface area contributed by atoms with E-state index >= 15 is 0 Å². The molecule has 0 aliphatic carbocycles. The Kier molecular flexibility index (Phi) is 6.45. The Morgan fingerprint density at radius 1 is 1.40 bits per heavy atom. The lowest BCUT2D eigenvalue weighted by Crippen LogP contribution is -2.33. The van der Waals surface area contributed by atoms with Crippen LogP contribution in [0.3, 0.4) is 0 Å². The summed E-state index contributed by atoms with van der Waals surface area (Å²) in [4.78, 5) is 24.4. The molecule has 0 spiro atoms. The second kappa shape index (κ2) is 7.85. The van der Waals surface area contributed by atoms with Crippen molar-refractivity contribution >= 4 is 23.2 Å². The average molecular weight is 299 g/mol. The van der Waals surface area contributed by atoms with Crippen LogP contribution in [0.1, 0.15) is 35.7 Å². The zero-order valence-electron chi connectivity index (χ0n) is 11.8. The third kappa shape index (κ3) is 4.20. The number of hydrogen-bond donors (Lipinski definition) is 0. The minimum atomic E-state index is -0.447. The molecule has 0 bridgehead atoms. The lowest BCUT2D eigenvalue weighted by molar-refractivity contribution is -0.385. The van der Waals surface area contributed by atoms with Crippen molar-refractivity contribution in [2.24, 2.45) is 0 Å². The van der Waals surface area contributed by atoms with Crippen LogP contribution >= 0.6 is 11.6 Å². The maximum atomic E-state index is 12.4. The number of nitro benzene ring substituents is 1. The van der Waals surface area contributed by atoms with Gasteiger partial charge in [0.1, 0.15) is 0 Å². The predicted octanol–water partition coefficient (Wildman–Crippen LogP) is 3.38. The predicted molar refractivity (Wildman–Crippen MR) is 79.4 cm³/mol. The Balaban J connectivity index is 2.94. The number of carbonyl (C=O) groups is 1. The molecule has 6 heteroatoms. The van der Waals surface area contributed by atoms with E-state index in [9.17, 15) is 14.9 Å². The molecule has 0 fully saturated rings. The SMILES string of the molecule is CCCCN(CCCl)C(=O)c1ccc([N+](=O)[O-])c(C)c1. The third-order valence-electron chi connectivity index (χ3n) is 3.06. The van der Waals surface area contributed by atoms with Crippen molar-refractivity contribution in [2.45, 2.75) is 26.7 Å². The Hall–Kier alpha value is -1.62. The summed E-state index contributed by atoms with van der Waals surface area (Å²) in [7, 11) is 0. The smallest absolute Gasteiger partial charge is 0.272 e. The number of halogens is 1. The maximum Gasteiger partial charge on any atom is 0.272 e. The number of aryl methyl sites for hydroxylation is 1. The van der Waals surface area contributed by atoms with Crippen LogP contribution in [0.15, 0.2) is 18.2 Å². The number of unbranched alkanes of at least 4 members (excludes halogenated alkanes) is 1. The van der Waals surface area contributed by atoms with E-state index in [1.165, 1.54) is 12.1 Å². The molecular weight excluding hydrogens is 280 g/mol. The highest BCUT2D eigenvalue weighted by Crippen LogP contribution is 2.19.